The molecule has 2 rings (SSSR count). The molecule has 0 spiro atoms. The number of nitrogen functional groups attached to an aromatic ring is 1. The summed E-state index contributed by atoms with van der Waals surface area (Å²) in [5.41, 5.74) is 9.01. The van der Waals surface area contributed by atoms with Crippen molar-refractivity contribution in [3.8, 4) is 0 Å². The van der Waals surface area contributed by atoms with Crippen molar-refractivity contribution >= 4 is 23.3 Å². The van der Waals surface area contributed by atoms with Gasteiger partial charge in [-0.05, 0) is 37.1 Å². The minimum absolute atomic E-state index is 0.358. The van der Waals surface area contributed by atoms with Gasteiger partial charge >= 0.3 is 6.03 Å². The molecule has 0 saturated heterocycles. The minimum atomic E-state index is -0.449. The molecule has 3 N–H and O–H groups in total. The molecule has 0 unspecified atom stereocenters. The van der Waals surface area contributed by atoms with E-state index in [9.17, 15) is 9.59 Å². The van der Waals surface area contributed by atoms with Gasteiger partial charge in [0.25, 0.3) is 0 Å². The number of nitrogens with two attached hydrogens (primary N) is 1. The van der Waals surface area contributed by atoms with Crippen LogP contribution in [0.25, 0.3) is 0 Å². The number of nitrogens with zero attached hydrogens (tertiary/aromatic N) is 1. The highest BCUT2D eigenvalue weighted by molar-refractivity contribution is 6.13. The third-order valence-corrected chi connectivity index (χ3v) is 3.46. The SMILES string of the molecule is CC(=O)N(C(=O)NCCc1ccc(C)cc1)c1cccc(N)c1. The number of amides is 3. The molecule has 2 aromatic carbocycles. The summed E-state index contributed by atoms with van der Waals surface area (Å²) in [6.45, 7) is 3.83. The standard InChI is InChI=1S/C18H21N3O2/c1-13-6-8-15(9-7-13)10-11-20-18(23)21(14(2)22)17-5-3-4-16(19)12-17/h3-9,12H,10-11,19H2,1-2H3,(H,20,23). The van der Waals surface area contributed by atoms with E-state index in [-0.39, 0.29) is 5.91 Å². The summed E-state index contributed by atoms with van der Waals surface area (Å²) < 4.78 is 0. The van der Waals surface area contributed by atoms with Crippen LogP contribution in [-0.2, 0) is 11.2 Å². The predicted octanol–water partition coefficient (Wildman–Crippen LogP) is 2.88. The second-order valence-corrected chi connectivity index (χ2v) is 5.42. The van der Waals surface area contributed by atoms with Gasteiger partial charge in [-0.15, -0.1) is 0 Å². The van der Waals surface area contributed by atoms with Gasteiger partial charge in [-0.1, -0.05) is 35.9 Å². The number of carbonyl (C=O) groups excluding carboxylic acids is 2. The molecule has 0 bridgehead atoms. The van der Waals surface area contributed by atoms with Gasteiger partial charge in [-0.25, -0.2) is 9.69 Å². The summed E-state index contributed by atoms with van der Waals surface area (Å²) >= 11 is 0. The van der Waals surface area contributed by atoms with Crippen molar-refractivity contribution in [2.75, 3.05) is 17.2 Å². The summed E-state index contributed by atoms with van der Waals surface area (Å²) in [6.07, 6.45) is 0.703. The topological polar surface area (TPSA) is 75.4 Å². The lowest BCUT2D eigenvalue weighted by atomic mass is 10.1. The maximum absolute atomic E-state index is 12.3. The second-order valence-electron chi connectivity index (χ2n) is 5.42. The molecule has 5 nitrogen and oxygen atoms in total. The van der Waals surface area contributed by atoms with Gasteiger partial charge in [-0.3, -0.25) is 4.79 Å². The van der Waals surface area contributed by atoms with Gasteiger partial charge in [0.05, 0.1) is 5.69 Å². The third kappa shape index (κ3) is 4.57. The fourth-order valence-corrected chi connectivity index (χ4v) is 2.25. The zero-order chi connectivity index (χ0) is 16.8. The molecular weight excluding hydrogens is 290 g/mol. The lowest BCUT2D eigenvalue weighted by Crippen LogP contribution is -2.43. The summed E-state index contributed by atoms with van der Waals surface area (Å²) in [7, 11) is 0. The Balaban J connectivity index is 1.99. The van der Waals surface area contributed by atoms with Crippen LogP contribution in [0.4, 0.5) is 16.2 Å². The third-order valence-electron chi connectivity index (χ3n) is 3.46. The number of nitrogens with one attached hydrogen (secondary N) is 1. The Hall–Kier alpha value is -2.82. The molecule has 5 heteroatoms. The van der Waals surface area contributed by atoms with Crippen molar-refractivity contribution in [3.05, 3.63) is 59.7 Å². The van der Waals surface area contributed by atoms with Crippen molar-refractivity contribution < 1.29 is 9.59 Å². The molecule has 0 aliphatic heterocycles. The number of rotatable bonds is 4. The van der Waals surface area contributed by atoms with Crippen LogP contribution in [0.3, 0.4) is 0 Å². The summed E-state index contributed by atoms with van der Waals surface area (Å²) in [4.78, 5) is 25.2. The number of aryl methyl sites for hydroxylation is 1. The Morgan fingerprint density at radius 1 is 1.13 bits per heavy atom. The Morgan fingerprint density at radius 2 is 1.83 bits per heavy atom. The molecule has 0 heterocycles. The molecule has 0 aliphatic rings. The van der Waals surface area contributed by atoms with Crippen molar-refractivity contribution in [1.29, 1.82) is 0 Å². The first-order valence-corrected chi connectivity index (χ1v) is 7.47. The number of carbonyl (C=O) groups is 2. The molecule has 3 amide bonds. The highest BCUT2D eigenvalue weighted by Gasteiger charge is 2.19. The molecule has 0 fully saturated rings. The van der Waals surface area contributed by atoms with Crippen LogP contribution in [-0.4, -0.2) is 18.5 Å². The fourth-order valence-electron chi connectivity index (χ4n) is 2.25. The van der Waals surface area contributed by atoms with Crippen molar-refractivity contribution in [2.45, 2.75) is 20.3 Å². The van der Waals surface area contributed by atoms with Crippen LogP contribution in [0.15, 0.2) is 48.5 Å². The normalized spacial score (nSPS) is 10.2. The van der Waals surface area contributed by atoms with E-state index in [4.69, 9.17) is 5.73 Å². The van der Waals surface area contributed by atoms with Crippen LogP contribution >= 0.6 is 0 Å². The van der Waals surface area contributed by atoms with Crippen LogP contribution < -0.4 is 16.0 Å². The molecule has 0 saturated carbocycles. The van der Waals surface area contributed by atoms with Gasteiger partial charge in [0, 0.05) is 19.2 Å². The van der Waals surface area contributed by atoms with E-state index in [0.29, 0.717) is 24.3 Å². The lowest BCUT2D eigenvalue weighted by Gasteiger charge is -2.20. The number of hydrogen-bond acceptors (Lipinski definition) is 3. The number of urea groups is 1. The minimum Gasteiger partial charge on any atom is -0.399 e. The van der Waals surface area contributed by atoms with E-state index >= 15 is 0 Å². The Labute approximate surface area is 136 Å². The average Bonchev–Trinajstić information content (AvgIpc) is 2.49. The van der Waals surface area contributed by atoms with Gasteiger partial charge in [-0.2, -0.15) is 0 Å². The molecule has 23 heavy (non-hydrogen) atoms. The molecular formula is C18H21N3O2. The largest absolute Gasteiger partial charge is 0.399 e. The van der Waals surface area contributed by atoms with Gasteiger partial charge < -0.3 is 11.1 Å². The van der Waals surface area contributed by atoms with E-state index in [1.165, 1.54) is 12.5 Å². The van der Waals surface area contributed by atoms with E-state index in [0.717, 1.165) is 10.5 Å². The van der Waals surface area contributed by atoms with Crippen molar-refractivity contribution in [3.63, 3.8) is 0 Å². The monoisotopic (exact) mass is 311 g/mol. The number of imide groups is 1. The molecule has 0 aliphatic carbocycles. The fraction of sp³-hybridized carbons (Fsp3) is 0.222. The molecule has 0 aromatic heterocycles. The van der Waals surface area contributed by atoms with E-state index in [1.807, 2.05) is 31.2 Å². The highest BCUT2D eigenvalue weighted by atomic mass is 16.2. The quantitative estimate of drug-likeness (QED) is 0.853. The molecule has 0 atom stereocenters. The van der Waals surface area contributed by atoms with Gasteiger partial charge in [0.2, 0.25) is 5.91 Å². The maximum atomic E-state index is 12.3. The second kappa shape index (κ2) is 7.45. The average molecular weight is 311 g/mol. The van der Waals surface area contributed by atoms with Crippen LogP contribution in [0.5, 0.6) is 0 Å². The molecule has 0 radical (unpaired) electrons. The Morgan fingerprint density at radius 3 is 2.43 bits per heavy atom. The van der Waals surface area contributed by atoms with Gasteiger partial charge in [0.15, 0.2) is 0 Å². The van der Waals surface area contributed by atoms with E-state index < -0.39 is 6.03 Å². The first-order valence-electron chi connectivity index (χ1n) is 7.47. The highest BCUT2D eigenvalue weighted by Crippen LogP contribution is 2.18. The number of anilines is 2. The first kappa shape index (κ1) is 16.5. The zero-order valence-corrected chi connectivity index (χ0v) is 13.4. The van der Waals surface area contributed by atoms with Crippen molar-refractivity contribution in [2.24, 2.45) is 0 Å². The Bertz CT molecular complexity index is 696. The number of hydrogen-bond donors (Lipinski definition) is 2. The van der Waals surface area contributed by atoms with E-state index in [1.54, 1.807) is 24.3 Å². The smallest absolute Gasteiger partial charge is 0.328 e. The predicted molar refractivity (Wildman–Crippen MR) is 92.3 cm³/mol. The van der Waals surface area contributed by atoms with Crippen LogP contribution in [0.1, 0.15) is 18.1 Å². The maximum Gasteiger partial charge on any atom is 0.328 e. The first-order chi connectivity index (χ1) is 11.0. The summed E-state index contributed by atoms with van der Waals surface area (Å²) in [5.74, 6) is -0.358. The molecule has 120 valence electrons. The summed E-state index contributed by atoms with van der Waals surface area (Å²) in [5, 5.41) is 2.77. The van der Waals surface area contributed by atoms with Crippen LogP contribution in [0.2, 0.25) is 0 Å². The lowest BCUT2D eigenvalue weighted by molar-refractivity contribution is -0.115. The Kier molecular flexibility index (Phi) is 5.36. The summed E-state index contributed by atoms with van der Waals surface area (Å²) in [6, 6.07) is 14.4. The van der Waals surface area contributed by atoms with Gasteiger partial charge in [0.1, 0.15) is 0 Å². The molecule has 2 aromatic rings. The number of benzene rings is 2. The van der Waals surface area contributed by atoms with Crippen molar-refractivity contribution in [1.82, 2.24) is 5.32 Å². The zero-order valence-electron chi connectivity index (χ0n) is 13.4. The van der Waals surface area contributed by atoms with Crippen LogP contribution in [0, 0.1) is 6.92 Å². The van der Waals surface area contributed by atoms with E-state index in [2.05, 4.69) is 5.32 Å².